The molecule has 110 valence electrons. The van der Waals surface area contributed by atoms with Crippen LogP contribution in [0, 0.1) is 12.3 Å². The summed E-state index contributed by atoms with van der Waals surface area (Å²) in [5, 5.41) is 11.4. The van der Waals surface area contributed by atoms with Gasteiger partial charge >= 0.3 is 5.97 Å². The number of hydrogen-bond acceptors (Lipinski definition) is 5. The van der Waals surface area contributed by atoms with Crippen LogP contribution in [0.5, 0.6) is 11.5 Å². The van der Waals surface area contributed by atoms with Gasteiger partial charge in [0, 0.05) is 11.8 Å². The summed E-state index contributed by atoms with van der Waals surface area (Å²) >= 11 is 0. The van der Waals surface area contributed by atoms with Crippen LogP contribution in [0.15, 0.2) is 18.2 Å². The lowest BCUT2D eigenvalue weighted by Gasteiger charge is -2.16. The molecule has 2 rings (SSSR count). The lowest BCUT2D eigenvalue weighted by atomic mass is 10.2. The average molecular weight is 290 g/mol. The fourth-order valence-electron chi connectivity index (χ4n) is 1.87. The third-order valence-electron chi connectivity index (χ3n) is 2.70. The van der Waals surface area contributed by atoms with E-state index in [4.69, 9.17) is 21.0 Å². The first-order chi connectivity index (χ1) is 10.1. The Kier molecular flexibility index (Phi) is 4.64. The van der Waals surface area contributed by atoms with Crippen molar-refractivity contribution in [2.24, 2.45) is 0 Å². The van der Waals surface area contributed by atoms with E-state index in [1.54, 1.807) is 18.2 Å². The number of anilines is 1. The number of carboxylic acid groups (broad SMARTS) is 1. The van der Waals surface area contributed by atoms with E-state index in [-0.39, 0.29) is 32.3 Å². The highest BCUT2D eigenvalue weighted by Gasteiger charge is 2.16. The number of nitrogens with one attached hydrogen (secondary N) is 1. The topological polar surface area (TPSA) is 88.1 Å². The van der Waals surface area contributed by atoms with E-state index in [0.717, 1.165) is 0 Å². The highest BCUT2D eigenvalue weighted by atomic mass is 16.7. The van der Waals surface area contributed by atoms with Gasteiger partial charge in [0.15, 0.2) is 11.5 Å². The number of terminal acetylenes is 1. The zero-order chi connectivity index (χ0) is 15.2. The lowest BCUT2D eigenvalue weighted by Crippen LogP contribution is -2.37. The molecule has 1 aliphatic rings. The molecule has 0 radical (unpaired) electrons. The van der Waals surface area contributed by atoms with Gasteiger partial charge in [-0.15, -0.1) is 6.42 Å². The standard InChI is InChI=1S/C14H14N2O5/c1-2-5-16(8-14(18)19)7-13(17)15-10-3-4-11-12(6-10)21-9-20-11/h1,3-4,6H,5,7-9H2,(H,15,17)(H,18,19). The Morgan fingerprint density at radius 3 is 2.81 bits per heavy atom. The SMILES string of the molecule is C#CCN(CC(=O)O)CC(=O)Nc1ccc2c(c1)OCO2. The zero-order valence-corrected chi connectivity index (χ0v) is 11.2. The molecule has 0 aromatic heterocycles. The molecule has 7 heteroatoms. The summed E-state index contributed by atoms with van der Waals surface area (Å²) in [7, 11) is 0. The molecule has 1 heterocycles. The number of carboxylic acids is 1. The van der Waals surface area contributed by atoms with Gasteiger partial charge in [0.05, 0.1) is 19.6 Å². The van der Waals surface area contributed by atoms with E-state index < -0.39 is 5.97 Å². The summed E-state index contributed by atoms with van der Waals surface area (Å²) in [4.78, 5) is 23.9. The predicted octanol–water partition coefficient (Wildman–Crippen LogP) is 0.374. The maximum Gasteiger partial charge on any atom is 0.317 e. The number of nitrogens with zero attached hydrogens (tertiary/aromatic N) is 1. The van der Waals surface area contributed by atoms with Gasteiger partial charge in [-0.05, 0) is 12.1 Å². The van der Waals surface area contributed by atoms with Gasteiger partial charge in [-0.1, -0.05) is 5.92 Å². The molecule has 21 heavy (non-hydrogen) atoms. The summed E-state index contributed by atoms with van der Waals surface area (Å²) < 4.78 is 10.4. The largest absolute Gasteiger partial charge is 0.480 e. The molecule has 1 amide bonds. The Bertz CT molecular complexity index is 594. The summed E-state index contributed by atoms with van der Waals surface area (Å²) in [6.07, 6.45) is 5.15. The predicted molar refractivity (Wildman–Crippen MR) is 74.1 cm³/mol. The van der Waals surface area contributed by atoms with Crippen LogP contribution in [0.1, 0.15) is 0 Å². The highest BCUT2D eigenvalue weighted by Crippen LogP contribution is 2.34. The van der Waals surface area contributed by atoms with Crippen LogP contribution >= 0.6 is 0 Å². The van der Waals surface area contributed by atoms with Crippen molar-refractivity contribution in [3.63, 3.8) is 0 Å². The molecule has 0 atom stereocenters. The summed E-state index contributed by atoms with van der Waals surface area (Å²) in [5.41, 5.74) is 0.542. The fourth-order valence-corrected chi connectivity index (χ4v) is 1.87. The van der Waals surface area contributed by atoms with Crippen molar-refractivity contribution in [2.45, 2.75) is 0 Å². The molecule has 7 nitrogen and oxygen atoms in total. The summed E-state index contributed by atoms with van der Waals surface area (Å²) in [6.45, 7) is -0.161. The molecule has 0 saturated carbocycles. The summed E-state index contributed by atoms with van der Waals surface area (Å²) in [6, 6.07) is 5.01. The Balaban J connectivity index is 1.94. The zero-order valence-electron chi connectivity index (χ0n) is 11.2. The second-order valence-corrected chi connectivity index (χ2v) is 4.36. The number of aliphatic carboxylic acids is 1. The maximum atomic E-state index is 11.9. The van der Waals surface area contributed by atoms with Crippen molar-refractivity contribution in [2.75, 3.05) is 31.7 Å². The van der Waals surface area contributed by atoms with Gasteiger partial charge in [0.2, 0.25) is 12.7 Å². The fraction of sp³-hybridized carbons (Fsp3) is 0.286. The average Bonchev–Trinajstić information content (AvgIpc) is 2.85. The van der Waals surface area contributed by atoms with E-state index in [1.807, 2.05) is 0 Å². The van der Waals surface area contributed by atoms with Crippen LogP contribution in [0.4, 0.5) is 5.69 Å². The van der Waals surface area contributed by atoms with Crippen molar-refractivity contribution < 1.29 is 24.2 Å². The van der Waals surface area contributed by atoms with Gasteiger partial charge < -0.3 is 19.9 Å². The normalized spacial score (nSPS) is 12.0. The molecular weight excluding hydrogens is 276 g/mol. The van der Waals surface area contributed by atoms with Crippen molar-refractivity contribution in [1.29, 1.82) is 0 Å². The van der Waals surface area contributed by atoms with Crippen molar-refractivity contribution in [1.82, 2.24) is 4.90 Å². The number of rotatable bonds is 6. The number of ether oxygens (including phenoxy) is 2. The van der Waals surface area contributed by atoms with E-state index in [0.29, 0.717) is 17.2 Å². The quantitative estimate of drug-likeness (QED) is 0.736. The van der Waals surface area contributed by atoms with Crippen molar-refractivity contribution in [3.8, 4) is 23.8 Å². The minimum absolute atomic E-state index is 0.0842. The third kappa shape index (κ3) is 4.12. The van der Waals surface area contributed by atoms with E-state index in [2.05, 4.69) is 11.2 Å². The van der Waals surface area contributed by atoms with E-state index in [9.17, 15) is 9.59 Å². The first kappa shape index (κ1) is 14.7. The lowest BCUT2D eigenvalue weighted by molar-refractivity contribution is -0.138. The third-order valence-corrected chi connectivity index (χ3v) is 2.70. The van der Waals surface area contributed by atoms with Gasteiger partial charge in [0.1, 0.15) is 0 Å². The van der Waals surface area contributed by atoms with Crippen LogP contribution < -0.4 is 14.8 Å². The Labute approximate surface area is 121 Å². The molecule has 0 unspecified atom stereocenters. The van der Waals surface area contributed by atoms with E-state index >= 15 is 0 Å². The van der Waals surface area contributed by atoms with Crippen LogP contribution in [0.3, 0.4) is 0 Å². The summed E-state index contributed by atoms with van der Waals surface area (Å²) in [5.74, 6) is 2.10. The molecule has 0 aliphatic carbocycles. The second-order valence-electron chi connectivity index (χ2n) is 4.36. The minimum atomic E-state index is -1.04. The molecule has 1 aliphatic heterocycles. The smallest absolute Gasteiger partial charge is 0.317 e. The Hall–Kier alpha value is -2.72. The molecule has 2 N–H and O–H groups in total. The molecule has 0 saturated heterocycles. The van der Waals surface area contributed by atoms with Gasteiger partial charge in [-0.3, -0.25) is 14.5 Å². The van der Waals surface area contributed by atoms with Gasteiger partial charge in [0.25, 0.3) is 0 Å². The number of hydrogen-bond donors (Lipinski definition) is 2. The van der Waals surface area contributed by atoms with Crippen LogP contribution in [-0.4, -0.2) is 48.3 Å². The molecule has 1 aromatic rings. The van der Waals surface area contributed by atoms with Crippen LogP contribution in [0.2, 0.25) is 0 Å². The molecule has 0 fully saturated rings. The molecule has 0 bridgehead atoms. The number of fused-ring (bicyclic) bond motifs is 1. The monoisotopic (exact) mass is 290 g/mol. The van der Waals surface area contributed by atoms with Gasteiger partial charge in [-0.2, -0.15) is 0 Å². The van der Waals surface area contributed by atoms with Crippen molar-refractivity contribution >= 4 is 17.6 Å². The van der Waals surface area contributed by atoms with Gasteiger partial charge in [-0.25, -0.2) is 0 Å². The maximum absolute atomic E-state index is 11.9. The molecular formula is C14H14N2O5. The van der Waals surface area contributed by atoms with Crippen LogP contribution in [-0.2, 0) is 9.59 Å². The Morgan fingerprint density at radius 1 is 1.33 bits per heavy atom. The van der Waals surface area contributed by atoms with Crippen molar-refractivity contribution in [3.05, 3.63) is 18.2 Å². The number of benzene rings is 1. The van der Waals surface area contributed by atoms with Crippen LogP contribution in [0.25, 0.3) is 0 Å². The minimum Gasteiger partial charge on any atom is -0.480 e. The van der Waals surface area contributed by atoms with E-state index in [1.165, 1.54) is 4.90 Å². The first-order valence-electron chi connectivity index (χ1n) is 6.15. The number of carbonyl (C=O) groups is 2. The first-order valence-corrected chi connectivity index (χ1v) is 6.15. The number of carbonyl (C=O) groups excluding carboxylic acids is 1. The Morgan fingerprint density at radius 2 is 2.10 bits per heavy atom. The molecule has 0 spiro atoms. The second kappa shape index (κ2) is 6.63. The highest BCUT2D eigenvalue weighted by molar-refractivity contribution is 5.92. The molecule has 1 aromatic carbocycles. The number of amides is 1.